The van der Waals surface area contributed by atoms with Crippen LogP contribution >= 0.6 is 0 Å². The average Bonchev–Trinajstić information content (AvgIpc) is 3.39. The molecule has 0 aromatic rings. The van der Waals surface area contributed by atoms with Gasteiger partial charge in [-0.25, -0.2) is 4.79 Å². The second-order valence-electron chi connectivity index (χ2n) is 10.1. The van der Waals surface area contributed by atoms with Gasteiger partial charge in [-0.2, -0.15) is 5.26 Å². The standard InChI is InChI=1S/C22H29N5O4/c23-9-13-5-11-6-15(11)27(13)20(29)19(26)22-7-10-3-12(8-22)18(22)16(4-10)31-21(30)14(24)1-2-17(25)28/h10-15,19H,1-8,24,26H2,(H2,25,28)/t10?,11-,12?,13+,14+,15+,19-,22?/m1/s1. The maximum absolute atomic E-state index is 13.4. The van der Waals surface area contributed by atoms with Crippen LogP contribution in [0.25, 0.3) is 0 Å². The molecule has 9 heteroatoms. The van der Waals surface area contributed by atoms with Crippen molar-refractivity contribution in [3.05, 3.63) is 11.3 Å². The fourth-order valence-corrected chi connectivity index (χ4v) is 6.77. The Bertz CT molecular complexity index is 925. The molecule has 0 aromatic heterocycles. The molecular formula is C22H29N5O4. The fraction of sp³-hybridized carbons (Fsp3) is 0.727. The Morgan fingerprint density at radius 3 is 2.68 bits per heavy atom. The molecule has 8 atom stereocenters. The number of esters is 1. The Balaban J connectivity index is 1.35. The van der Waals surface area contributed by atoms with E-state index in [1.165, 1.54) is 0 Å². The molecule has 6 rings (SSSR count). The second kappa shape index (κ2) is 7.04. The third-order valence-corrected chi connectivity index (χ3v) is 8.20. The zero-order valence-corrected chi connectivity index (χ0v) is 17.5. The molecule has 1 aliphatic heterocycles. The van der Waals surface area contributed by atoms with E-state index in [4.69, 9.17) is 21.9 Å². The summed E-state index contributed by atoms with van der Waals surface area (Å²) >= 11 is 0. The fourth-order valence-electron chi connectivity index (χ4n) is 6.77. The molecular weight excluding hydrogens is 398 g/mol. The number of primary amides is 1. The monoisotopic (exact) mass is 427 g/mol. The zero-order chi connectivity index (χ0) is 22.1. The number of hydrogen-bond acceptors (Lipinski definition) is 7. The third kappa shape index (κ3) is 3.07. The largest absolute Gasteiger partial charge is 0.430 e. The van der Waals surface area contributed by atoms with Gasteiger partial charge in [0.05, 0.1) is 12.1 Å². The van der Waals surface area contributed by atoms with Crippen molar-refractivity contribution in [2.75, 3.05) is 0 Å². The van der Waals surface area contributed by atoms with E-state index in [2.05, 4.69) is 6.07 Å². The smallest absolute Gasteiger partial charge is 0.327 e. The van der Waals surface area contributed by atoms with Crippen molar-refractivity contribution in [1.29, 1.82) is 5.26 Å². The highest BCUT2D eigenvalue weighted by Gasteiger charge is 2.65. The first-order valence-corrected chi connectivity index (χ1v) is 11.2. The molecule has 6 aliphatic rings. The van der Waals surface area contributed by atoms with Gasteiger partial charge in [-0.3, -0.25) is 9.59 Å². The molecule has 1 saturated heterocycles. The number of ether oxygens (including phenoxy) is 1. The maximum atomic E-state index is 13.4. The molecule has 31 heavy (non-hydrogen) atoms. The SMILES string of the molecule is N#C[C@@H]1C[C@@H]2C[C@@H]2N1C(=O)[C@@H](N)C12CC3CC(OC(=O)[C@@H](N)CCC(N)=O)=C1C(C3)C2. The average molecular weight is 428 g/mol. The molecule has 6 N–H and O–H groups in total. The van der Waals surface area contributed by atoms with Crippen molar-refractivity contribution < 1.29 is 19.1 Å². The number of nitriles is 1. The quantitative estimate of drug-likeness (QED) is 0.482. The van der Waals surface area contributed by atoms with Gasteiger partial charge < -0.3 is 26.8 Å². The lowest BCUT2D eigenvalue weighted by atomic mass is 9.42. The highest BCUT2D eigenvalue weighted by atomic mass is 16.5. The van der Waals surface area contributed by atoms with Gasteiger partial charge in [0.2, 0.25) is 11.8 Å². The Labute approximate surface area is 180 Å². The Hall–Kier alpha value is -2.44. The van der Waals surface area contributed by atoms with Crippen molar-refractivity contribution >= 4 is 17.8 Å². The molecule has 4 bridgehead atoms. The topological polar surface area (TPSA) is 166 Å². The number of carbonyl (C=O) groups is 3. The van der Waals surface area contributed by atoms with Crippen molar-refractivity contribution in [1.82, 2.24) is 4.90 Å². The first-order chi connectivity index (χ1) is 14.7. The summed E-state index contributed by atoms with van der Waals surface area (Å²) in [4.78, 5) is 38.6. The molecule has 1 heterocycles. The molecule has 0 spiro atoms. The summed E-state index contributed by atoms with van der Waals surface area (Å²) < 4.78 is 5.70. The van der Waals surface area contributed by atoms with E-state index in [0.29, 0.717) is 24.0 Å². The number of carbonyl (C=O) groups excluding carboxylic acids is 3. The zero-order valence-electron chi connectivity index (χ0n) is 17.5. The van der Waals surface area contributed by atoms with E-state index in [1.807, 2.05) is 0 Å². The van der Waals surface area contributed by atoms with Gasteiger partial charge in [-0.15, -0.1) is 0 Å². The number of allylic oxidation sites excluding steroid dienone is 1. The highest BCUT2D eigenvalue weighted by molar-refractivity contribution is 5.86. The minimum Gasteiger partial charge on any atom is -0.430 e. The number of fused-ring (bicyclic) bond motifs is 2. The second-order valence-corrected chi connectivity index (χ2v) is 10.1. The molecule has 4 fully saturated rings. The number of likely N-dealkylation sites (tertiary alicyclic amines) is 1. The van der Waals surface area contributed by atoms with Gasteiger partial charge in [0, 0.05) is 24.3 Å². The van der Waals surface area contributed by atoms with Gasteiger partial charge >= 0.3 is 5.97 Å². The predicted molar refractivity (Wildman–Crippen MR) is 108 cm³/mol. The summed E-state index contributed by atoms with van der Waals surface area (Å²) in [6.07, 6.45) is 5.18. The highest BCUT2D eigenvalue weighted by Crippen LogP contribution is 2.68. The van der Waals surface area contributed by atoms with Crippen LogP contribution in [0.3, 0.4) is 0 Å². The van der Waals surface area contributed by atoms with E-state index in [-0.39, 0.29) is 36.8 Å². The number of amides is 2. The third-order valence-electron chi connectivity index (χ3n) is 8.20. The molecule has 3 unspecified atom stereocenters. The van der Waals surface area contributed by atoms with Crippen LogP contribution in [0.5, 0.6) is 0 Å². The van der Waals surface area contributed by atoms with Gasteiger partial charge in [-0.05, 0) is 61.9 Å². The van der Waals surface area contributed by atoms with Crippen molar-refractivity contribution in [2.45, 2.75) is 75.5 Å². The van der Waals surface area contributed by atoms with Gasteiger partial charge in [0.15, 0.2) is 0 Å². The molecule has 9 nitrogen and oxygen atoms in total. The van der Waals surface area contributed by atoms with Crippen molar-refractivity contribution in [3.63, 3.8) is 0 Å². The molecule has 5 aliphatic carbocycles. The number of rotatable bonds is 7. The molecule has 166 valence electrons. The van der Waals surface area contributed by atoms with Crippen LogP contribution in [0.1, 0.15) is 51.4 Å². The van der Waals surface area contributed by atoms with Crippen LogP contribution in [0.15, 0.2) is 11.3 Å². The first-order valence-electron chi connectivity index (χ1n) is 11.2. The van der Waals surface area contributed by atoms with Crippen LogP contribution < -0.4 is 17.2 Å². The maximum Gasteiger partial charge on any atom is 0.327 e. The number of nitrogens with two attached hydrogens (primary N) is 3. The summed E-state index contributed by atoms with van der Waals surface area (Å²) in [5.41, 5.74) is 18.1. The van der Waals surface area contributed by atoms with Gasteiger partial charge in [0.1, 0.15) is 17.8 Å². The van der Waals surface area contributed by atoms with E-state index in [1.54, 1.807) is 4.90 Å². The van der Waals surface area contributed by atoms with E-state index in [9.17, 15) is 19.6 Å². The number of hydrogen-bond donors (Lipinski definition) is 3. The minimum absolute atomic E-state index is 0.0226. The minimum atomic E-state index is -0.920. The van der Waals surface area contributed by atoms with Crippen LogP contribution in [0.4, 0.5) is 0 Å². The van der Waals surface area contributed by atoms with Gasteiger partial charge in [-0.1, -0.05) is 0 Å². The van der Waals surface area contributed by atoms with Crippen LogP contribution in [-0.4, -0.2) is 46.9 Å². The molecule has 3 saturated carbocycles. The summed E-state index contributed by atoms with van der Waals surface area (Å²) in [6.45, 7) is 0. The van der Waals surface area contributed by atoms with E-state index >= 15 is 0 Å². The van der Waals surface area contributed by atoms with Gasteiger partial charge in [0.25, 0.3) is 0 Å². The lowest BCUT2D eigenvalue weighted by molar-refractivity contribution is -0.145. The summed E-state index contributed by atoms with van der Waals surface area (Å²) in [5.74, 6) is 0.433. The van der Waals surface area contributed by atoms with Crippen LogP contribution in [-0.2, 0) is 19.1 Å². The summed E-state index contributed by atoms with van der Waals surface area (Å²) in [6, 6.07) is 0.388. The molecule has 2 amide bonds. The van der Waals surface area contributed by atoms with Crippen molar-refractivity contribution in [2.24, 2.45) is 40.4 Å². The molecule has 0 aromatic carbocycles. The van der Waals surface area contributed by atoms with Crippen LogP contribution in [0.2, 0.25) is 0 Å². The number of piperidine rings is 1. The van der Waals surface area contributed by atoms with E-state index < -0.39 is 29.4 Å². The van der Waals surface area contributed by atoms with Crippen molar-refractivity contribution in [3.8, 4) is 6.07 Å². The summed E-state index contributed by atoms with van der Waals surface area (Å²) in [5, 5.41) is 9.47. The van der Waals surface area contributed by atoms with E-state index in [0.717, 1.165) is 37.7 Å². The Morgan fingerprint density at radius 1 is 1.23 bits per heavy atom. The molecule has 0 radical (unpaired) electrons. The number of nitrogens with zero attached hydrogens (tertiary/aromatic N) is 2. The van der Waals surface area contributed by atoms with Crippen LogP contribution in [0, 0.1) is 34.5 Å². The first kappa shape index (κ1) is 20.5. The normalized spacial score (nSPS) is 38.6. The summed E-state index contributed by atoms with van der Waals surface area (Å²) in [7, 11) is 0. The lowest BCUT2D eigenvalue weighted by Crippen LogP contribution is -2.65. The Kier molecular flexibility index (Phi) is 4.65. The Morgan fingerprint density at radius 2 is 2.00 bits per heavy atom. The predicted octanol–water partition coefficient (Wildman–Crippen LogP) is 0.0368. The lowest BCUT2D eigenvalue weighted by Gasteiger charge is -2.63.